The fourth-order valence-electron chi connectivity index (χ4n) is 6.52. The van der Waals surface area contributed by atoms with Crippen LogP contribution in [0.3, 0.4) is 0 Å². The summed E-state index contributed by atoms with van der Waals surface area (Å²) in [5.41, 5.74) is 7.02. The van der Waals surface area contributed by atoms with Gasteiger partial charge < -0.3 is 30.5 Å². The molecule has 2 aliphatic heterocycles. The average molecular weight is 684 g/mol. The van der Waals surface area contributed by atoms with E-state index in [9.17, 15) is 27.5 Å². The lowest BCUT2D eigenvalue weighted by molar-refractivity contribution is -0.198. The Morgan fingerprint density at radius 3 is 2.45 bits per heavy atom. The van der Waals surface area contributed by atoms with E-state index in [1.165, 1.54) is 47.3 Å². The monoisotopic (exact) mass is 683 g/mol. The lowest BCUT2D eigenvalue weighted by Gasteiger charge is -2.39. The van der Waals surface area contributed by atoms with Crippen LogP contribution in [0.2, 0.25) is 0 Å². The maximum atomic E-state index is 14.9. The number of benzene rings is 2. The molecule has 4 heterocycles. The number of piperidine rings is 1. The van der Waals surface area contributed by atoms with Crippen LogP contribution in [-0.2, 0) is 4.79 Å². The van der Waals surface area contributed by atoms with E-state index in [4.69, 9.17) is 15.2 Å². The Hall–Kier alpha value is -4.92. The van der Waals surface area contributed by atoms with E-state index >= 15 is 0 Å². The Balaban J connectivity index is 1.32. The number of nitrogens with two attached hydrogens (primary N) is 1. The van der Waals surface area contributed by atoms with Gasteiger partial charge in [-0.15, -0.1) is 0 Å². The summed E-state index contributed by atoms with van der Waals surface area (Å²) in [5.74, 6) is -1.48. The highest BCUT2D eigenvalue weighted by molar-refractivity contribution is 5.74. The molecule has 49 heavy (non-hydrogen) atoms. The molecule has 2 saturated heterocycles. The van der Waals surface area contributed by atoms with Crippen molar-refractivity contribution < 1.29 is 36.9 Å². The predicted octanol–water partition coefficient (Wildman–Crippen LogP) is 5.86. The van der Waals surface area contributed by atoms with Crippen molar-refractivity contribution in [3.8, 4) is 28.4 Å². The van der Waals surface area contributed by atoms with Crippen LogP contribution in [0.15, 0.2) is 54.7 Å². The number of nitrogen functional groups attached to an aromatic ring is 1. The lowest BCUT2D eigenvalue weighted by atomic mass is 9.76. The zero-order chi connectivity index (χ0) is 35.1. The van der Waals surface area contributed by atoms with Crippen LogP contribution in [0.5, 0.6) is 11.6 Å². The Morgan fingerprint density at radius 1 is 1.06 bits per heavy atom. The fraction of sp³-hybridized carbons (Fsp3) is 0.412. The molecule has 2 fully saturated rings. The summed E-state index contributed by atoms with van der Waals surface area (Å²) in [6.45, 7) is 6.89. The molecule has 2 aromatic heterocycles. The van der Waals surface area contributed by atoms with Crippen LogP contribution in [0.1, 0.15) is 50.5 Å². The van der Waals surface area contributed by atoms with E-state index in [-0.39, 0.29) is 40.3 Å². The molecule has 15 heteroatoms. The largest absolute Gasteiger partial charge is 0.491 e. The highest BCUT2D eigenvalue weighted by atomic mass is 19.4. The van der Waals surface area contributed by atoms with Gasteiger partial charge in [-0.05, 0) is 80.8 Å². The van der Waals surface area contributed by atoms with Gasteiger partial charge in [-0.1, -0.05) is 12.1 Å². The number of carboxylic acid groups (broad SMARTS) is 1. The number of ether oxygens (including phenoxy) is 2. The number of aliphatic carboxylic acids is 1. The second kappa shape index (κ2) is 13.2. The summed E-state index contributed by atoms with van der Waals surface area (Å²) >= 11 is 0. The van der Waals surface area contributed by atoms with E-state index in [1.807, 2.05) is 4.90 Å². The van der Waals surface area contributed by atoms with E-state index in [1.54, 1.807) is 32.9 Å². The number of hydrogen-bond acceptors (Lipinski definition) is 9. The van der Waals surface area contributed by atoms with Crippen molar-refractivity contribution in [3.05, 3.63) is 71.8 Å². The SMILES string of the molecule is Cc1ccn(-c2cc(-c3cc(F)cc(OC(C)C)c3)ccc2[C@@H](Oc2cc(N3CCC4(CC3)CNC(C(=O)O)C4)nc(N)n2)C(F)(F)F)n1. The van der Waals surface area contributed by atoms with Crippen molar-refractivity contribution >= 4 is 17.7 Å². The zero-order valence-corrected chi connectivity index (χ0v) is 27.2. The molecule has 0 bridgehead atoms. The van der Waals surface area contributed by atoms with Crippen molar-refractivity contribution in [3.63, 3.8) is 0 Å². The average Bonchev–Trinajstić information content (AvgIpc) is 3.65. The Kier molecular flexibility index (Phi) is 9.13. The van der Waals surface area contributed by atoms with E-state index in [0.29, 0.717) is 61.5 Å². The molecule has 2 aromatic carbocycles. The van der Waals surface area contributed by atoms with Gasteiger partial charge in [-0.2, -0.15) is 28.2 Å². The molecule has 0 amide bonds. The van der Waals surface area contributed by atoms with Crippen LogP contribution in [0, 0.1) is 18.2 Å². The molecule has 4 N–H and O–H groups in total. The van der Waals surface area contributed by atoms with Gasteiger partial charge in [-0.3, -0.25) is 4.79 Å². The molecule has 0 saturated carbocycles. The van der Waals surface area contributed by atoms with Gasteiger partial charge >= 0.3 is 12.1 Å². The van der Waals surface area contributed by atoms with Crippen molar-refractivity contribution in [2.24, 2.45) is 5.41 Å². The Labute approximate surface area is 280 Å². The number of halogens is 4. The predicted molar refractivity (Wildman–Crippen MR) is 173 cm³/mol. The van der Waals surface area contributed by atoms with E-state index in [0.717, 1.165) is 0 Å². The minimum atomic E-state index is -4.90. The van der Waals surface area contributed by atoms with Crippen molar-refractivity contribution in [1.29, 1.82) is 0 Å². The summed E-state index contributed by atoms with van der Waals surface area (Å²) in [5, 5.41) is 16.8. The molecule has 0 aliphatic carbocycles. The van der Waals surface area contributed by atoms with E-state index < -0.39 is 30.1 Å². The third kappa shape index (κ3) is 7.56. The number of hydrogen-bond donors (Lipinski definition) is 3. The number of carbonyl (C=O) groups is 1. The Morgan fingerprint density at radius 2 is 1.82 bits per heavy atom. The first kappa shape index (κ1) is 34.0. The molecule has 1 unspecified atom stereocenters. The topological polar surface area (TPSA) is 141 Å². The maximum absolute atomic E-state index is 14.9. The summed E-state index contributed by atoms with van der Waals surface area (Å²) in [7, 11) is 0. The first-order valence-electron chi connectivity index (χ1n) is 15.9. The second-order valence-corrected chi connectivity index (χ2v) is 12.9. The molecule has 0 radical (unpaired) electrons. The number of alkyl halides is 3. The molecular formula is C34H37F4N7O4. The number of aryl methyl sites for hydroxylation is 1. The normalized spacial score (nSPS) is 18.2. The maximum Gasteiger partial charge on any atom is 0.429 e. The molecule has 2 atom stereocenters. The second-order valence-electron chi connectivity index (χ2n) is 12.9. The molecule has 11 nitrogen and oxygen atoms in total. The number of rotatable bonds is 9. The lowest BCUT2D eigenvalue weighted by Crippen LogP contribution is -2.41. The summed E-state index contributed by atoms with van der Waals surface area (Å²) in [6, 6.07) is 10.8. The smallest absolute Gasteiger partial charge is 0.429 e. The quantitative estimate of drug-likeness (QED) is 0.184. The van der Waals surface area contributed by atoms with Crippen LogP contribution in [0.4, 0.5) is 29.3 Å². The first-order chi connectivity index (χ1) is 23.2. The van der Waals surface area contributed by atoms with Crippen molar-refractivity contribution in [2.45, 2.75) is 64.5 Å². The van der Waals surface area contributed by atoms with Crippen molar-refractivity contribution in [1.82, 2.24) is 25.1 Å². The van der Waals surface area contributed by atoms with Gasteiger partial charge in [0.05, 0.1) is 17.5 Å². The highest BCUT2D eigenvalue weighted by Gasteiger charge is 2.46. The molecule has 260 valence electrons. The molecular weight excluding hydrogens is 646 g/mol. The number of anilines is 2. The molecule has 6 rings (SSSR count). The van der Waals surface area contributed by atoms with Gasteiger partial charge in [0, 0.05) is 43.5 Å². The van der Waals surface area contributed by atoms with Gasteiger partial charge in [0.15, 0.2) is 0 Å². The first-order valence-corrected chi connectivity index (χ1v) is 15.9. The number of aromatic nitrogens is 4. The summed E-state index contributed by atoms with van der Waals surface area (Å²) < 4.78 is 71.9. The Bertz CT molecular complexity index is 1840. The minimum absolute atomic E-state index is 0.0666. The third-order valence-corrected chi connectivity index (χ3v) is 8.91. The van der Waals surface area contributed by atoms with Crippen LogP contribution in [-0.4, -0.2) is 68.8 Å². The summed E-state index contributed by atoms with van der Waals surface area (Å²) in [4.78, 5) is 21.6. The number of carboxylic acids is 1. The zero-order valence-electron chi connectivity index (χ0n) is 27.2. The van der Waals surface area contributed by atoms with E-state index in [2.05, 4.69) is 20.4 Å². The van der Waals surface area contributed by atoms with Gasteiger partial charge in [0.25, 0.3) is 0 Å². The highest BCUT2D eigenvalue weighted by Crippen LogP contribution is 2.43. The van der Waals surface area contributed by atoms with Crippen molar-refractivity contribution in [2.75, 3.05) is 30.3 Å². The number of nitrogens with one attached hydrogen (secondary N) is 1. The molecule has 4 aromatic rings. The van der Waals surface area contributed by atoms with Gasteiger partial charge in [0.1, 0.15) is 23.4 Å². The van der Waals surface area contributed by atoms with Gasteiger partial charge in [0.2, 0.25) is 17.9 Å². The third-order valence-electron chi connectivity index (χ3n) is 8.91. The van der Waals surface area contributed by atoms with Crippen LogP contribution in [0.25, 0.3) is 16.8 Å². The van der Waals surface area contributed by atoms with Crippen LogP contribution < -0.4 is 25.4 Å². The van der Waals surface area contributed by atoms with Crippen LogP contribution >= 0.6 is 0 Å². The fourth-order valence-corrected chi connectivity index (χ4v) is 6.52. The number of nitrogens with zero attached hydrogens (tertiary/aromatic N) is 5. The molecule has 2 aliphatic rings. The molecule has 1 spiro atoms. The van der Waals surface area contributed by atoms with Gasteiger partial charge in [-0.25, -0.2) is 9.07 Å². The standard InChI is InChI=1S/C34H37F4N7O4/c1-19(2)48-24-13-22(12-23(35)15-24)21-4-5-25(27(14-21)45-9-6-20(3)43-45)30(34(36,37)38)49-29-16-28(41-32(39)42-29)44-10-7-33(8-11-44)17-26(31(46)47)40-18-33/h4-6,9,12-16,19,26,30,40H,7-8,10-11,17-18H2,1-3H3,(H,46,47)(H2,39,41,42)/t26?,30-/m1/s1. The minimum Gasteiger partial charge on any atom is -0.491 e. The summed E-state index contributed by atoms with van der Waals surface area (Å²) in [6.07, 6.45) is -4.22.